The summed E-state index contributed by atoms with van der Waals surface area (Å²) in [6.45, 7) is 2.40. The molecule has 114 valence electrons. The highest BCUT2D eigenvalue weighted by Crippen LogP contribution is 2.16. The number of morpholine rings is 1. The van der Waals surface area contributed by atoms with E-state index < -0.39 is 12.0 Å². The van der Waals surface area contributed by atoms with Crippen molar-refractivity contribution < 1.29 is 23.8 Å². The van der Waals surface area contributed by atoms with Crippen molar-refractivity contribution in [3.63, 3.8) is 0 Å². The number of benzene rings is 1. The van der Waals surface area contributed by atoms with Gasteiger partial charge in [-0.3, -0.25) is 4.79 Å². The quantitative estimate of drug-likeness (QED) is 0.909. The van der Waals surface area contributed by atoms with Gasteiger partial charge in [-0.15, -0.1) is 0 Å². The molecule has 0 radical (unpaired) electrons. The van der Waals surface area contributed by atoms with Gasteiger partial charge in [0.15, 0.2) is 6.04 Å². The molecule has 0 spiro atoms. The highest BCUT2D eigenvalue weighted by atomic mass is 19.1. The second-order valence-corrected chi connectivity index (χ2v) is 5.19. The van der Waals surface area contributed by atoms with Crippen molar-refractivity contribution in [2.24, 2.45) is 5.92 Å². The third-order valence-electron chi connectivity index (χ3n) is 3.57. The Balaban J connectivity index is 2.03. The minimum atomic E-state index is -1.06. The number of hydrogen-bond donors (Lipinski definition) is 1. The molecule has 2 atom stereocenters. The maximum Gasteiger partial charge on any atom is 0.328 e. The van der Waals surface area contributed by atoms with E-state index in [0.29, 0.717) is 13.0 Å². The first-order valence-corrected chi connectivity index (χ1v) is 6.84. The maximum absolute atomic E-state index is 12.9. The summed E-state index contributed by atoms with van der Waals surface area (Å²) >= 11 is 0. The Kier molecular flexibility index (Phi) is 4.90. The van der Waals surface area contributed by atoms with Gasteiger partial charge in [-0.1, -0.05) is 19.1 Å². The molecule has 0 bridgehead atoms. The van der Waals surface area contributed by atoms with Gasteiger partial charge in [0, 0.05) is 12.5 Å². The van der Waals surface area contributed by atoms with Crippen molar-refractivity contribution in [3.05, 3.63) is 35.6 Å². The number of carbonyl (C=O) groups is 2. The minimum absolute atomic E-state index is 0.0182. The smallest absolute Gasteiger partial charge is 0.328 e. The monoisotopic (exact) mass is 295 g/mol. The molecular formula is C15H18FNO4. The van der Waals surface area contributed by atoms with Gasteiger partial charge in [0.1, 0.15) is 5.82 Å². The molecule has 1 fully saturated rings. The highest BCUT2D eigenvalue weighted by Gasteiger charge is 2.34. The number of rotatable bonds is 4. The molecule has 0 aliphatic carbocycles. The molecule has 0 aromatic heterocycles. The molecule has 1 N–H and O–H groups in total. The van der Waals surface area contributed by atoms with Crippen LogP contribution in [0.4, 0.5) is 4.39 Å². The number of carboxylic acid groups (broad SMARTS) is 1. The molecule has 1 aliphatic rings. The summed E-state index contributed by atoms with van der Waals surface area (Å²) in [5, 5.41) is 9.14. The Labute approximate surface area is 122 Å². The van der Waals surface area contributed by atoms with E-state index in [0.717, 1.165) is 5.56 Å². The van der Waals surface area contributed by atoms with Gasteiger partial charge in [-0.05, 0) is 24.1 Å². The van der Waals surface area contributed by atoms with E-state index in [1.54, 1.807) is 19.1 Å². The third kappa shape index (κ3) is 3.78. The number of amides is 1. The van der Waals surface area contributed by atoms with Crippen LogP contribution < -0.4 is 0 Å². The predicted octanol–water partition coefficient (Wildman–Crippen LogP) is 1.32. The maximum atomic E-state index is 12.9. The number of carboxylic acids is 1. The Morgan fingerprint density at radius 3 is 2.71 bits per heavy atom. The topological polar surface area (TPSA) is 66.8 Å². The van der Waals surface area contributed by atoms with E-state index in [4.69, 9.17) is 9.84 Å². The van der Waals surface area contributed by atoms with E-state index in [9.17, 15) is 14.0 Å². The van der Waals surface area contributed by atoms with Gasteiger partial charge in [-0.25, -0.2) is 9.18 Å². The number of halogens is 1. The Morgan fingerprint density at radius 1 is 1.43 bits per heavy atom. The van der Waals surface area contributed by atoms with Crippen molar-refractivity contribution >= 4 is 11.9 Å². The average molecular weight is 295 g/mol. The van der Waals surface area contributed by atoms with Crippen LogP contribution in [0.15, 0.2) is 24.3 Å². The number of ether oxygens (including phenoxy) is 1. The molecule has 1 amide bonds. The lowest BCUT2D eigenvalue weighted by Crippen LogP contribution is -2.54. The van der Waals surface area contributed by atoms with Crippen LogP contribution in [-0.4, -0.2) is 47.7 Å². The summed E-state index contributed by atoms with van der Waals surface area (Å²) in [5.74, 6) is -1.96. The van der Waals surface area contributed by atoms with Crippen molar-refractivity contribution in [1.29, 1.82) is 0 Å². The van der Waals surface area contributed by atoms with Gasteiger partial charge >= 0.3 is 5.97 Å². The second-order valence-electron chi connectivity index (χ2n) is 5.19. The van der Waals surface area contributed by atoms with E-state index in [1.807, 2.05) is 0 Å². The number of hydrogen-bond acceptors (Lipinski definition) is 3. The standard InChI is InChI=1S/C15H18FNO4/c1-10(8-11-2-4-12(16)5-3-11)14(18)17-6-7-21-9-13(17)15(19)20/h2-5,10,13H,6-9H2,1H3,(H,19,20)/t10-,13+/m1/s1. The summed E-state index contributed by atoms with van der Waals surface area (Å²) in [6, 6.07) is 5.03. The van der Waals surface area contributed by atoms with E-state index in [2.05, 4.69) is 0 Å². The van der Waals surface area contributed by atoms with Crippen LogP contribution in [0.1, 0.15) is 12.5 Å². The summed E-state index contributed by atoms with van der Waals surface area (Å²) in [5.41, 5.74) is 0.845. The van der Waals surface area contributed by atoms with Crippen LogP contribution in [-0.2, 0) is 20.7 Å². The molecule has 6 heteroatoms. The lowest BCUT2D eigenvalue weighted by molar-refractivity contribution is -0.160. The summed E-state index contributed by atoms with van der Waals surface area (Å²) < 4.78 is 18.0. The van der Waals surface area contributed by atoms with Crippen LogP contribution in [0.3, 0.4) is 0 Å². The van der Waals surface area contributed by atoms with Crippen molar-refractivity contribution in [2.45, 2.75) is 19.4 Å². The fourth-order valence-corrected chi connectivity index (χ4v) is 2.42. The summed E-state index contributed by atoms with van der Waals surface area (Å²) in [6.07, 6.45) is 0.447. The molecule has 2 rings (SSSR count). The number of carbonyl (C=O) groups excluding carboxylic acids is 1. The van der Waals surface area contributed by atoms with Crippen molar-refractivity contribution in [1.82, 2.24) is 4.90 Å². The molecular weight excluding hydrogens is 277 g/mol. The van der Waals surface area contributed by atoms with Crippen LogP contribution in [0.2, 0.25) is 0 Å². The molecule has 0 saturated carbocycles. The largest absolute Gasteiger partial charge is 0.480 e. The van der Waals surface area contributed by atoms with Gasteiger partial charge in [0.2, 0.25) is 5.91 Å². The molecule has 1 aromatic carbocycles. The predicted molar refractivity (Wildman–Crippen MR) is 73.2 cm³/mol. The number of nitrogens with zero attached hydrogens (tertiary/aromatic N) is 1. The molecule has 0 unspecified atom stereocenters. The Morgan fingerprint density at radius 2 is 2.10 bits per heavy atom. The Hall–Kier alpha value is -1.95. The van der Waals surface area contributed by atoms with Crippen molar-refractivity contribution in [2.75, 3.05) is 19.8 Å². The van der Waals surface area contributed by atoms with Crippen molar-refractivity contribution in [3.8, 4) is 0 Å². The van der Waals surface area contributed by atoms with Gasteiger partial charge in [0.05, 0.1) is 13.2 Å². The first-order chi connectivity index (χ1) is 9.99. The fraction of sp³-hybridized carbons (Fsp3) is 0.467. The second kappa shape index (κ2) is 6.67. The van der Waals surface area contributed by atoms with E-state index in [1.165, 1.54) is 17.0 Å². The lowest BCUT2D eigenvalue weighted by atomic mass is 9.99. The first kappa shape index (κ1) is 15.4. The SMILES string of the molecule is C[C@H](Cc1ccc(F)cc1)C(=O)N1CCOC[C@H]1C(=O)O. The number of aliphatic carboxylic acids is 1. The molecule has 5 nitrogen and oxygen atoms in total. The van der Waals surface area contributed by atoms with Crippen LogP contribution in [0.5, 0.6) is 0 Å². The van der Waals surface area contributed by atoms with Crippen LogP contribution in [0, 0.1) is 11.7 Å². The zero-order valence-corrected chi connectivity index (χ0v) is 11.8. The van der Waals surface area contributed by atoms with Gasteiger partial charge < -0.3 is 14.7 Å². The molecule has 21 heavy (non-hydrogen) atoms. The van der Waals surface area contributed by atoms with Gasteiger partial charge in [0.25, 0.3) is 0 Å². The molecule has 1 aromatic rings. The minimum Gasteiger partial charge on any atom is -0.480 e. The Bertz CT molecular complexity index is 517. The normalized spacial score (nSPS) is 20.1. The summed E-state index contributed by atoms with van der Waals surface area (Å²) in [7, 11) is 0. The lowest BCUT2D eigenvalue weighted by Gasteiger charge is -2.34. The van der Waals surface area contributed by atoms with Crippen LogP contribution in [0.25, 0.3) is 0 Å². The molecule has 1 aliphatic heterocycles. The fourth-order valence-electron chi connectivity index (χ4n) is 2.42. The first-order valence-electron chi connectivity index (χ1n) is 6.84. The van der Waals surface area contributed by atoms with Crippen LogP contribution >= 0.6 is 0 Å². The highest BCUT2D eigenvalue weighted by molar-refractivity contribution is 5.85. The molecule has 1 saturated heterocycles. The summed E-state index contributed by atoms with van der Waals surface area (Å²) in [4.78, 5) is 25.0. The van der Waals surface area contributed by atoms with E-state index >= 15 is 0 Å². The van der Waals surface area contributed by atoms with E-state index in [-0.39, 0.29) is 30.8 Å². The van der Waals surface area contributed by atoms with Gasteiger partial charge in [-0.2, -0.15) is 0 Å². The molecule has 1 heterocycles. The average Bonchev–Trinajstić information content (AvgIpc) is 2.48. The zero-order valence-electron chi connectivity index (χ0n) is 11.8. The third-order valence-corrected chi connectivity index (χ3v) is 3.57. The zero-order chi connectivity index (χ0) is 15.4.